The van der Waals surface area contributed by atoms with Gasteiger partial charge in [0.1, 0.15) is 26.8 Å². The number of allylic oxidation sites excluding steroid dienone is 5. The molecule has 0 aliphatic heterocycles. The van der Waals surface area contributed by atoms with Gasteiger partial charge in [-0.25, -0.2) is 21.4 Å². The number of hydrogen-bond acceptors (Lipinski definition) is 7. The van der Waals surface area contributed by atoms with Crippen molar-refractivity contribution in [3.8, 4) is 0 Å². The van der Waals surface area contributed by atoms with Crippen LogP contribution >= 0.6 is 11.6 Å². The topological polar surface area (TPSA) is 121 Å². The van der Waals surface area contributed by atoms with Gasteiger partial charge in [-0.05, 0) is 110 Å². The van der Waals surface area contributed by atoms with E-state index >= 15 is 0 Å². The second-order valence-corrected chi connectivity index (χ2v) is 15.3. The van der Waals surface area contributed by atoms with Crippen molar-refractivity contribution in [2.75, 3.05) is 18.0 Å². The van der Waals surface area contributed by atoms with Crippen LogP contribution in [0.3, 0.4) is 0 Å². The molecule has 0 saturated heterocycles. The fourth-order valence-electron chi connectivity index (χ4n) is 6.16. The zero-order valence-electron chi connectivity index (χ0n) is 29.3. The van der Waals surface area contributed by atoms with Crippen LogP contribution in [0.5, 0.6) is 0 Å². The van der Waals surface area contributed by atoms with Crippen LogP contribution in [0.15, 0.2) is 130 Å². The van der Waals surface area contributed by atoms with E-state index in [1.807, 2.05) is 76.2 Å². The summed E-state index contributed by atoms with van der Waals surface area (Å²) >= 11 is 6.83. The maximum Gasteiger partial charge on any atom is 0.200 e. The predicted molar refractivity (Wildman–Crippen MR) is 203 cm³/mol. The van der Waals surface area contributed by atoms with Crippen molar-refractivity contribution in [2.24, 2.45) is 0 Å². The third-order valence-electron chi connectivity index (χ3n) is 8.72. The largest absolute Gasteiger partial charge is 0.744 e. The molecule has 0 spiro atoms. The molecule has 0 bridgehead atoms. The lowest BCUT2D eigenvalue weighted by molar-refractivity contribution is -0.539. The quantitative estimate of drug-likeness (QED) is 0.0869. The van der Waals surface area contributed by atoms with Crippen molar-refractivity contribution in [3.63, 3.8) is 0 Å². The van der Waals surface area contributed by atoms with Crippen molar-refractivity contribution in [1.29, 1.82) is 0 Å². The Hall–Kier alpha value is -4.45. The lowest BCUT2D eigenvalue weighted by Gasteiger charge is -2.26. The number of benzene rings is 4. The van der Waals surface area contributed by atoms with Crippen molar-refractivity contribution in [3.05, 3.63) is 161 Å². The van der Waals surface area contributed by atoms with Gasteiger partial charge in [0.2, 0.25) is 0 Å². The average molecular weight is 745 g/mol. The van der Waals surface area contributed by atoms with Gasteiger partial charge in [-0.15, -0.1) is 0 Å². The third-order valence-corrected chi connectivity index (χ3v) is 10.7. The minimum Gasteiger partial charge on any atom is -0.744 e. The van der Waals surface area contributed by atoms with E-state index in [4.69, 9.17) is 11.6 Å². The molecule has 8 nitrogen and oxygen atoms in total. The van der Waals surface area contributed by atoms with Gasteiger partial charge in [-0.1, -0.05) is 60.1 Å². The summed E-state index contributed by atoms with van der Waals surface area (Å²) in [4.78, 5) is 1.62. The molecular weight excluding hydrogens is 704 g/mol. The van der Waals surface area contributed by atoms with Gasteiger partial charge in [0.15, 0.2) is 12.3 Å². The highest BCUT2D eigenvalue weighted by Crippen LogP contribution is 2.38. The number of rotatable bonds is 11. The van der Waals surface area contributed by atoms with Gasteiger partial charge >= 0.3 is 0 Å². The highest BCUT2D eigenvalue weighted by atomic mass is 35.5. The first-order valence-electron chi connectivity index (χ1n) is 16.1. The second kappa shape index (κ2) is 16.3. The highest BCUT2D eigenvalue weighted by Gasteiger charge is 2.22. The van der Waals surface area contributed by atoms with E-state index in [0.717, 1.165) is 44.8 Å². The maximum atomic E-state index is 11.6. The van der Waals surface area contributed by atoms with E-state index in [0.29, 0.717) is 42.3 Å². The van der Waals surface area contributed by atoms with E-state index in [1.165, 1.54) is 24.3 Å². The molecule has 0 unspecified atom stereocenters. The molecule has 4 aromatic carbocycles. The van der Waals surface area contributed by atoms with E-state index in [-0.39, 0.29) is 17.2 Å². The Bertz CT molecular complexity index is 2290. The van der Waals surface area contributed by atoms with Gasteiger partial charge in [-0.3, -0.25) is 0 Å². The Kier molecular flexibility index (Phi) is 12.5. The minimum absolute atomic E-state index is 0. The summed E-state index contributed by atoms with van der Waals surface area (Å²) in [5.41, 5.74) is 9.19. The fourth-order valence-corrected chi connectivity index (χ4v) is 7.47. The van der Waals surface area contributed by atoms with Crippen LogP contribution in [0.4, 0.5) is 5.69 Å². The molecule has 0 amide bonds. The lowest BCUT2D eigenvalue weighted by Crippen LogP contribution is -2.22. The summed E-state index contributed by atoms with van der Waals surface area (Å²) in [7, 11) is -9.12. The molecule has 0 fully saturated rings. The SMILES string of the molecule is CCN(Cc1cccc(S(=O)(=O)[O-])c1)c1ccc(/C(=C2/C=CC(=[N+](CC)Cc3cccc(S(=O)(=O)[O-])c3)C=C2C)c2ccccc2Cl)c(C)c1.[CH3+]. The second-order valence-electron chi connectivity index (χ2n) is 12.1. The first-order chi connectivity index (χ1) is 23.7. The Labute approximate surface area is 307 Å². The molecule has 0 saturated carbocycles. The van der Waals surface area contributed by atoms with E-state index < -0.39 is 20.2 Å². The average Bonchev–Trinajstić information content (AvgIpc) is 3.07. The van der Waals surface area contributed by atoms with Gasteiger partial charge in [0.05, 0.1) is 9.79 Å². The van der Waals surface area contributed by atoms with Crippen LogP contribution in [-0.2, 0) is 33.3 Å². The number of anilines is 1. The molecule has 51 heavy (non-hydrogen) atoms. The molecule has 0 aromatic heterocycles. The summed E-state index contributed by atoms with van der Waals surface area (Å²) in [5.74, 6) is 0. The molecule has 0 radical (unpaired) electrons. The van der Waals surface area contributed by atoms with Crippen LogP contribution in [-0.4, -0.2) is 49.3 Å². The summed E-state index contributed by atoms with van der Waals surface area (Å²) < 4.78 is 71.8. The van der Waals surface area contributed by atoms with E-state index in [2.05, 4.69) is 33.8 Å². The number of hydrogen-bond donors (Lipinski definition) is 0. The Morgan fingerprint density at radius 3 is 1.96 bits per heavy atom. The molecule has 11 heteroatoms. The minimum atomic E-state index is -4.56. The molecular formula is C40H41ClN2O6S2. The highest BCUT2D eigenvalue weighted by molar-refractivity contribution is 7.86. The molecule has 1 aliphatic rings. The number of nitrogens with zero attached hydrogens (tertiary/aromatic N) is 2. The molecule has 266 valence electrons. The van der Waals surface area contributed by atoms with Crippen LogP contribution in [0.2, 0.25) is 5.02 Å². The lowest BCUT2D eigenvalue weighted by atomic mass is 9.85. The fraction of sp³-hybridized carbons (Fsp3) is 0.200. The number of aryl methyl sites for hydroxylation is 1. The zero-order chi connectivity index (χ0) is 36.2. The molecule has 5 rings (SSSR count). The zero-order valence-corrected chi connectivity index (χ0v) is 31.6. The normalized spacial score (nSPS) is 15.2. The standard InChI is InChI=1S/C39H39ClN2O6S2.CH3/c1-5-41(25-29-11-9-13-33(23-29)49(43,44)45)31-17-19-35(27(3)21-31)39(37-15-7-8-16-38(37)40)36-20-18-32(22-28(36)4)42(6-2)26-30-12-10-14-34(24-30)50(46,47)48;/h7-24H,5-6,25-26H2,1-4H3,(H-,43,44,45,46,47,48);1H3/q;+1/p-1. The molecule has 1 aliphatic carbocycles. The Balaban J connectivity index is 0.00000583. The summed E-state index contributed by atoms with van der Waals surface area (Å²) in [5, 5.41) is 0.612. The first kappa shape index (κ1) is 39.3. The van der Waals surface area contributed by atoms with Crippen molar-refractivity contribution in [1.82, 2.24) is 0 Å². The molecule has 4 aromatic rings. The van der Waals surface area contributed by atoms with Gasteiger partial charge < -0.3 is 14.0 Å². The summed E-state index contributed by atoms with van der Waals surface area (Å²) in [6.07, 6.45) is 6.21. The Morgan fingerprint density at radius 2 is 1.39 bits per heavy atom. The van der Waals surface area contributed by atoms with E-state index in [1.54, 1.807) is 12.1 Å². The van der Waals surface area contributed by atoms with Crippen molar-refractivity contribution >= 4 is 48.8 Å². The predicted octanol–water partition coefficient (Wildman–Crippen LogP) is 7.93. The molecule has 0 atom stereocenters. The smallest absolute Gasteiger partial charge is 0.200 e. The van der Waals surface area contributed by atoms with Crippen LogP contribution in [0.25, 0.3) is 5.57 Å². The maximum absolute atomic E-state index is 11.6. The summed E-state index contributed by atoms with van der Waals surface area (Å²) in [6.45, 7) is 10.3. The molecule has 0 N–H and O–H groups in total. The van der Waals surface area contributed by atoms with Gasteiger partial charge in [0.25, 0.3) is 0 Å². The molecule has 0 heterocycles. The van der Waals surface area contributed by atoms with Gasteiger partial charge in [0, 0.05) is 54.5 Å². The monoisotopic (exact) mass is 744 g/mol. The third kappa shape index (κ3) is 9.27. The van der Waals surface area contributed by atoms with Crippen molar-refractivity contribution in [2.45, 2.75) is 50.6 Å². The van der Waals surface area contributed by atoms with Crippen LogP contribution in [0.1, 0.15) is 48.6 Å². The van der Waals surface area contributed by atoms with E-state index in [9.17, 15) is 25.9 Å². The van der Waals surface area contributed by atoms with Crippen LogP contribution < -0.4 is 4.90 Å². The van der Waals surface area contributed by atoms with Crippen molar-refractivity contribution < 1.29 is 30.5 Å². The van der Waals surface area contributed by atoms with Gasteiger partial charge in [-0.2, -0.15) is 0 Å². The summed E-state index contributed by atoms with van der Waals surface area (Å²) in [6, 6.07) is 26.2. The van der Waals surface area contributed by atoms with Crippen LogP contribution in [0, 0.1) is 14.4 Å². The number of halogens is 1. The Morgan fingerprint density at radius 1 is 0.765 bits per heavy atom. The first-order valence-corrected chi connectivity index (χ1v) is 19.3.